The van der Waals surface area contributed by atoms with Crippen LogP contribution in [-0.4, -0.2) is 31.0 Å². The molecule has 0 aliphatic heterocycles. The van der Waals surface area contributed by atoms with Crippen LogP contribution in [0.5, 0.6) is 0 Å². The summed E-state index contributed by atoms with van der Waals surface area (Å²) in [5, 5.41) is 7.41. The normalized spacial score (nSPS) is 12.1. The predicted octanol–water partition coefficient (Wildman–Crippen LogP) is 2.51. The van der Waals surface area contributed by atoms with Crippen molar-refractivity contribution in [3.63, 3.8) is 0 Å². The van der Waals surface area contributed by atoms with E-state index in [1.54, 1.807) is 42.5 Å². The number of nitrogens with zero attached hydrogens (tertiary/aromatic N) is 1. The second-order valence-electron chi connectivity index (χ2n) is 5.72. The maximum Gasteiger partial charge on any atom is 0.328 e. The third-order valence-electron chi connectivity index (χ3n) is 3.57. The van der Waals surface area contributed by atoms with E-state index in [2.05, 4.69) is 15.8 Å². The third-order valence-corrected chi connectivity index (χ3v) is 5.12. The first-order valence-electron chi connectivity index (χ1n) is 8.35. The number of nitrogens with one attached hydrogen (secondary N) is 2. The van der Waals surface area contributed by atoms with E-state index in [0.717, 1.165) is 17.2 Å². The third kappa shape index (κ3) is 5.73. The number of carbonyl (C=O) groups excluding carboxylic acids is 2. The smallest absolute Gasteiger partial charge is 0.328 e. The van der Waals surface area contributed by atoms with Gasteiger partial charge in [-0.15, -0.1) is 11.3 Å². The van der Waals surface area contributed by atoms with Crippen molar-refractivity contribution in [3.05, 3.63) is 81.9 Å². The Bertz CT molecular complexity index is 1200. The molecule has 2 heterocycles. The Morgan fingerprint density at radius 1 is 1.07 bits per heavy atom. The quantitative estimate of drug-likeness (QED) is 0.221. The monoisotopic (exact) mass is 445 g/mol. The van der Waals surface area contributed by atoms with Crippen molar-refractivity contribution >= 4 is 45.6 Å². The molecule has 3 aromatic rings. The number of hydrogen-bond acceptors (Lipinski definition) is 7. The Morgan fingerprint density at radius 2 is 1.83 bits per heavy atom. The van der Waals surface area contributed by atoms with Crippen LogP contribution in [0.3, 0.4) is 0 Å². The molecule has 30 heavy (non-hydrogen) atoms. The van der Waals surface area contributed by atoms with Gasteiger partial charge in [0.25, 0.3) is 11.8 Å². The van der Waals surface area contributed by atoms with E-state index in [4.69, 9.17) is 8.97 Å². The molecule has 2 amide bonds. The summed E-state index contributed by atoms with van der Waals surface area (Å²) >= 11 is 1.38. The molecule has 0 saturated heterocycles. The van der Waals surface area contributed by atoms with Crippen LogP contribution in [-0.2, 0) is 14.9 Å². The SMILES string of the molecule is O=C(NN=Cc1ccc(S(=O)(=O)O)o1)C(=Cc1cccs1)NC(=O)c1ccccc1. The number of carbonyl (C=O) groups is 2. The highest BCUT2D eigenvalue weighted by atomic mass is 32.2. The molecule has 0 unspecified atom stereocenters. The molecule has 0 fully saturated rings. The van der Waals surface area contributed by atoms with Crippen molar-refractivity contribution in [3.8, 4) is 0 Å². The van der Waals surface area contributed by atoms with E-state index in [0.29, 0.717) is 5.56 Å². The van der Waals surface area contributed by atoms with Crippen LogP contribution in [0.1, 0.15) is 21.0 Å². The molecule has 0 saturated carbocycles. The molecule has 3 rings (SSSR count). The molecule has 9 nitrogen and oxygen atoms in total. The predicted molar refractivity (Wildman–Crippen MR) is 110 cm³/mol. The minimum atomic E-state index is -4.48. The summed E-state index contributed by atoms with van der Waals surface area (Å²) in [5.41, 5.74) is 2.56. The van der Waals surface area contributed by atoms with Crippen molar-refractivity contribution < 1.29 is 27.0 Å². The second kappa shape index (κ2) is 9.31. The van der Waals surface area contributed by atoms with Crippen molar-refractivity contribution in [1.82, 2.24) is 10.7 Å². The Labute approximate surface area is 175 Å². The highest BCUT2D eigenvalue weighted by Crippen LogP contribution is 2.14. The van der Waals surface area contributed by atoms with Crippen LogP contribution in [0.4, 0.5) is 0 Å². The van der Waals surface area contributed by atoms with Crippen molar-refractivity contribution in [2.24, 2.45) is 5.10 Å². The molecule has 0 radical (unpaired) electrons. The Hall–Kier alpha value is -3.54. The lowest BCUT2D eigenvalue weighted by molar-refractivity contribution is -0.117. The first kappa shape index (κ1) is 21.2. The number of thiophene rings is 1. The minimum absolute atomic E-state index is 0.0139. The summed E-state index contributed by atoms with van der Waals surface area (Å²) in [4.78, 5) is 25.7. The van der Waals surface area contributed by atoms with Crippen LogP contribution in [0, 0.1) is 0 Å². The molecule has 3 N–H and O–H groups in total. The Morgan fingerprint density at radius 3 is 2.47 bits per heavy atom. The van der Waals surface area contributed by atoms with Gasteiger partial charge in [0.1, 0.15) is 11.5 Å². The highest BCUT2D eigenvalue weighted by molar-refractivity contribution is 7.85. The largest absolute Gasteiger partial charge is 0.441 e. The maximum atomic E-state index is 12.5. The van der Waals surface area contributed by atoms with Gasteiger partial charge in [-0.3, -0.25) is 14.1 Å². The van der Waals surface area contributed by atoms with Crippen LogP contribution in [0.25, 0.3) is 6.08 Å². The van der Waals surface area contributed by atoms with E-state index in [1.165, 1.54) is 23.5 Å². The fourth-order valence-electron chi connectivity index (χ4n) is 2.22. The van der Waals surface area contributed by atoms with Gasteiger partial charge in [-0.05, 0) is 41.8 Å². The zero-order valence-electron chi connectivity index (χ0n) is 15.2. The summed E-state index contributed by atoms with van der Waals surface area (Å²) in [6.07, 6.45) is 2.55. The lowest BCUT2D eigenvalue weighted by atomic mass is 10.2. The van der Waals surface area contributed by atoms with Crippen molar-refractivity contribution in [2.75, 3.05) is 0 Å². The zero-order valence-corrected chi connectivity index (χ0v) is 16.8. The lowest BCUT2D eigenvalue weighted by Gasteiger charge is -2.08. The molecule has 2 aromatic heterocycles. The van der Waals surface area contributed by atoms with Gasteiger partial charge in [0.05, 0.1) is 6.21 Å². The molecule has 0 aliphatic rings. The molecule has 1 aromatic carbocycles. The van der Waals surface area contributed by atoms with E-state index < -0.39 is 27.0 Å². The van der Waals surface area contributed by atoms with Crippen molar-refractivity contribution in [2.45, 2.75) is 5.09 Å². The second-order valence-corrected chi connectivity index (χ2v) is 8.06. The molecule has 154 valence electrons. The average molecular weight is 445 g/mol. The van der Waals surface area contributed by atoms with Crippen LogP contribution >= 0.6 is 11.3 Å². The van der Waals surface area contributed by atoms with Gasteiger partial charge in [0.15, 0.2) is 0 Å². The van der Waals surface area contributed by atoms with Crippen molar-refractivity contribution in [1.29, 1.82) is 0 Å². The Kier molecular flexibility index (Phi) is 6.57. The van der Waals surface area contributed by atoms with Gasteiger partial charge in [-0.1, -0.05) is 24.3 Å². The fourth-order valence-corrected chi connectivity index (χ4v) is 3.31. The number of amides is 2. The number of furan rings is 1. The van der Waals surface area contributed by atoms with Gasteiger partial charge in [0, 0.05) is 10.4 Å². The Balaban J connectivity index is 1.74. The maximum absolute atomic E-state index is 12.5. The highest BCUT2D eigenvalue weighted by Gasteiger charge is 2.16. The fraction of sp³-hybridized carbons (Fsp3) is 0. The van der Waals surface area contributed by atoms with E-state index in [-0.39, 0.29) is 11.5 Å². The zero-order chi connectivity index (χ0) is 21.6. The molecule has 0 atom stereocenters. The summed E-state index contributed by atoms with van der Waals surface area (Å²) in [6.45, 7) is 0. The summed E-state index contributed by atoms with van der Waals surface area (Å²) in [5.74, 6) is -1.19. The number of hydrazone groups is 1. The standard InChI is InChI=1S/C19H15N3O6S2/c23-18(13-5-2-1-3-6-13)21-16(11-15-7-4-10-29-15)19(24)22-20-12-14-8-9-17(28-14)30(25,26)27/h1-12H,(H,21,23)(H,22,24)(H,25,26,27). The first-order valence-corrected chi connectivity index (χ1v) is 10.7. The minimum Gasteiger partial charge on any atom is -0.441 e. The van der Waals surface area contributed by atoms with Crippen LogP contribution < -0.4 is 10.7 Å². The van der Waals surface area contributed by atoms with E-state index >= 15 is 0 Å². The molecule has 0 bridgehead atoms. The lowest BCUT2D eigenvalue weighted by Crippen LogP contribution is -2.32. The molecular weight excluding hydrogens is 430 g/mol. The number of hydrogen-bond donors (Lipinski definition) is 3. The van der Waals surface area contributed by atoms with Gasteiger partial charge >= 0.3 is 10.1 Å². The molecule has 11 heteroatoms. The summed E-state index contributed by atoms with van der Waals surface area (Å²) in [6, 6.07) is 14.2. The van der Waals surface area contributed by atoms with Crippen LogP contribution in [0.15, 0.2) is 80.3 Å². The van der Waals surface area contributed by atoms with Gasteiger partial charge < -0.3 is 9.73 Å². The van der Waals surface area contributed by atoms with E-state index in [1.807, 2.05) is 5.38 Å². The molecular formula is C19H15N3O6S2. The first-order chi connectivity index (χ1) is 14.3. The van der Waals surface area contributed by atoms with Crippen LogP contribution in [0.2, 0.25) is 0 Å². The van der Waals surface area contributed by atoms with Gasteiger partial charge in [0.2, 0.25) is 5.09 Å². The molecule has 0 spiro atoms. The topological polar surface area (TPSA) is 138 Å². The summed E-state index contributed by atoms with van der Waals surface area (Å²) in [7, 11) is -4.48. The average Bonchev–Trinajstić information content (AvgIpc) is 3.40. The van der Waals surface area contributed by atoms with E-state index in [9.17, 15) is 18.0 Å². The number of benzene rings is 1. The van der Waals surface area contributed by atoms with Gasteiger partial charge in [-0.2, -0.15) is 13.5 Å². The molecule has 0 aliphatic carbocycles. The number of rotatable bonds is 7. The summed E-state index contributed by atoms with van der Waals surface area (Å²) < 4.78 is 35.8. The van der Waals surface area contributed by atoms with Gasteiger partial charge in [-0.25, -0.2) is 5.43 Å².